The molecule has 1 aliphatic rings. The second-order valence-corrected chi connectivity index (χ2v) is 6.95. The average molecular weight is 414 g/mol. The van der Waals surface area contributed by atoms with Crippen LogP contribution in [0.25, 0.3) is 0 Å². The molecule has 0 spiro atoms. The maximum absolute atomic E-state index is 13.7. The number of hydrogen-bond donors (Lipinski definition) is 1. The third-order valence-corrected chi connectivity index (χ3v) is 4.79. The first-order chi connectivity index (χ1) is 14.3. The van der Waals surface area contributed by atoms with Crippen molar-refractivity contribution in [2.45, 2.75) is 38.2 Å². The molecular weight excluding hydrogens is 390 g/mol. The minimum absolute atomic E-state index is 0.0989. The molecule has 1 heterocycles. The minimum Gasteiger partial charge on any atom is -0.343 e. The van der Waals surface area contributed by atoms with E-state index >= 15 is 0 Å². The molecule has 1 aromatic carbocycles. The fourth-order valence-corrected chi connectivity index (χ4v) is 3.29. The standard InChI is InChI=1S/C22H24F2N4O2/c1-3-19(17(13-26-2)11-16-7-5-4-6-8-16)21(30)27-14-20(29)28-15-22(23,24)10-9-18(28)12-25/h3-8,13,18H,2,9-11,14-15H2,1H3,(H,27,30)/b17-13-,19-3+/t18-/m0/s1. The fourth-order valence-electron chi connectivity index (χ4n) is 3.29. The maximum atomic E-state index is 13.7. The number of likely N-dealkylation sites (tertiary alicyclic amines) is 1. The molecule has 2 amide bonds. The van der Waals surface area contributed by atoms with E-state index in [0.717, 1.165) is 10.5 Å². The molecule has 158 valence electrons. The van der Waals surface area contributed by atoms with Crippen LogP contribution in [0.3, 0.4) is 0 Å². The Hall–Kier alpha value is -3.34. The van der Waals surface area contributed by atoms with E-state index in [2.05, 4.69) is 17.0 Å². The van der Waals surface area contributed by atoms with Gasteiger partial charge in [-0.25, -0.2) is 8.78 Å². The van der Waals surface area contributed by atoms with Crippen LogP contribution in [0.2, 0.25) is 0 Å². The van der Waals surface area contributed by atoms with Gasteiger partial charge in [-0.3, -0.25) is 14.6 Å². The van der Waals surface area contributed by atoms with Crippen LogP contribution in [0.4, 0.5) is 8.78 Å². The van der Waals surface area contributed by atoms with Crippen molar-refractivity contribution < 1.29 is 18.4 Å². The molecular formula is C22H24F2N4O2. The van der Waals surface area contributed by atoms with Crippen molar-refractivity contribution in [1.29, 1.82) is 5.26 Å². The molecule has 1 aliphatic heterocycles. The summed E-state index contributed by atoms with van der Waals surface area (Å²) >= 11 is 0. The summed E-state index contributed by atoms with van der Waals surface area (Å²) in [7, 11) is 0. The van der Waals surface area contributed by atoms with Crippen LogP contribution in [-0.2, 0) is 16.0 Å². The summed E-state index contributed by atoms with van der Waals surface area (Å²) in [5.74, 6) is -4.29. The molecule has 0 aliphatic carbocycles. The average Bonchev–Trinajstić information content (AvgIpc) is 2.73. The van der Waals surface area contributed by atoms with Gasteiger partial charge in [-0.05, 0) is 37.6 Å². The van der Waals surface area contributed by atoms with Gasteiger partial charge in [-0.15, -0.1) is 0 Å². The number of carbonyl (C=O) groups is 2. The molecule has 1 atom stereocenters. The van der Waals surface area contributed by atoms with Crippen molar-refractivity contribution in [2.75, 3.05) is 13.1 Å². The summed E-state index contributed by atoms with van der Waals surface area (Å²) in [6.45, 7) is 3.81. The molecule has 0 bridgehead atoms. The first-order valence-corrected chi connectivity index (χ1v) is 9.52. The van der Waals surface area contributed by atoms with E-state index in [9.17, 15) is 18.4 Å². The zero-order valence-corrected chi connectivity index (χ0v) is 16.8. The van der Waals surface area contributed by atoms with Crippen LogP contribution in [-0.4, -0.2) is 48.5 Å². The second-order valence-electron chi connectivity index (χ2n) is 6.95. The summed E-state index contributed by atoms with van der Waals surface area (Å²) in [6.07, 6.45) is 2.95. The lowest BCUT2D eigenvalue weighted by Crippen LogP contribution is -2.53. The van der Waals surface area contributed by atoms with E-state index in [-0.39, 0.29) is 6.42 Å². The predicted octanol–water partition coefficient (Wildman–Crippen LogP) is 3.03. The van der Waals surface area contributed by atoms with Gasteiger partial charge in [0, 0.05) is 18.2 Å². The smallest absolute Gasteiger partial charge is 0.265 e. The number of rotatable bonds is 7. The predicted molar refractivity (Wildman–Crippen MR) is 110 cm³/mol. The fraction of sp³-hybridized carbons (Fsp3) is 0.364. The summed E-state index contributed by atoms with van der Waals surface area (Å²) < 4.78 is 27.4. The number of piperidine rings is 1. The van der Waals surface area contributed by atoms with E-state index in [0.29, 0.717) is 17.6 Å². The first kappa shape index (κ1) is 22.9. The van der Waals surface area contributed by atoms with Gasteiger partial charge >= 0.3 is 0 Å². The Kier molecular flexibility index (Phi) is 7.98. The third-order valence-electron chi connectivity index (χ3n) is 4.79. The summed E-state index contributed by atoms with van der Waals surface area (Å²) in [4.78, 5) is 29.7. The zero-order valence-electron chi connectivity index (χ0n) is 16.8. The maximum Gasteiger partial charge on any atom is 0.265 e. The van der Waals surface area contributed by atoms with E-state index in [1.54, 1.807) is 13.0 Å². The first-order valence-electron chi connectivity index (χ1n) is 9.52. The minimum atomic E-state index is -3.04. The highest BCUT2D eigenvalue weighted by molar-refractivity contribution is 5.99. The van der Waals surface area contributed by atoms with Gasteiger partial charge in [0.15, 0.2) is 0 Å². The zero-order chi connectivity index (χ0) is 22.1. The molecule has 6 nitrogen and oxygen atoms in total. The SMILES string of the molecule is C=N/C=C(Cc1ccccc1)\C(=C/C)C(=O)NCC(=O)N1CC(F)(F)CC[C@H]1C#N. The molecule has 1 fully saturated rings. The normalized spacial score (nSPS) is 19.0. The number of allylic oxidation sites excluding steroid dienone is 1. The van der Waals surface area contributed by atoms with Crippen molar-refractivity contribution in [3.05, 3.63) is 59.3 Å². The molecule has 1 aromatic rings. The van der Waals surface area contributed by atoms with Crippen molar-refractivity contribution in [1.82, 2.24) is 10.2 Å². The van der Waals surface area contributed by atoms with Gasteiger partial charge in [-0.1, -0.05) is 36.4 Å². The topological polar surface area (TPSA) is 85.6 Å². The Morgan fingerprint density at radius 2 is 2.10 bits per heavy atom. The van der Waals surface area contributed by atoms with Crippen molar-refractivity contribution in [3.63, 3.8) is 0 Å². The molecule has 0 aromatic heterocycles. The number of nitriles is 1. The van der Waals surface area contributed by atoms with Gasteiger partial charge in [0.1, 0.15) is 6.04 Å². The van der Waals surface area contributed by atoms with Crippen LogP contribution in [0.15, 0.2) is 58.7 Å². The summed E-state index contributed by atoms with van der Waals surface area (Å²) in [5, 5.41) is 11.6. The van der Waals surface area contributed by atoms with E-state index in [4.69, 9.17) is 5.26 Å². The molecule has 0 unspecified atom stereocenters. The van der Waals surface area contributed by atoms with Crippen molar-refractivity contribution in [3.8, 4) is 6.07 Å². The lowest BCUT2D eigenvalue weighted by atomic mass is 9.98. The number of halogens is 2. The van der Waals surface area contributed by atoms with Crippen LogP contribution in [0.1, 0.15) is 25.3 Å². The molecule has 2 rings (SSSR count). The molecule has 0 radical (unpaired) electrons. The van der Waals surface area contributed by atoms with Gasteiger partial charge in [0.05, 0.1) is 19.2 Å². The van der Waals surface area contributed by atoms with Crippen molar-refractivity contribution >= 4 is 18.5 Å². The van der Waals surface area contributed by atoms with Crippen LogP contribution < -0.4 is 5.32 Å². The van der Waals surface area contributed by atoms with E-state index in [1.165, 1.54) is 6.20 Å². The van der Waals surface area contributed by atoms with E-state index in [1.807, 2.05) is 36.4 Å². The van der Waals surface area contributed by atoms with Crippen LogP contribution >= 0.6 is 0 Å². The number of nitrogens with zero attached hydrogens (tertiary/aromatic N) is 3. The highest BCUT2D eigenvalue weighted by Crippen LogP contribution is 2.30. The largest absolute Gasteiger partial charge is 0.343 e. The number of alkyl halides is 2. The number of carbonyl (C=O) groups excluding carboxylic acids is 2. The Morgan fingerprint density at radius 1 is 1.40 bits per heavy atom. The second kappa shape index (κ2) is 10.4. The van der Waals surface area contributed by atoms with Gasteiger partial charge < -0.3 is 10.2 Å². The van der Waals surface area contributed by atoms with Gasteiger partial charge in [-0.2, -0.15) is 5.26 Å². The highest BCUT2D eigenvalue weighted by Gasteiger charge is 2.42. The summed E-state index contributed by atoms with van der Waals surface area (Å²) in [5.41, 5.74) is 1.87. The van der Waals surface area contributed by atoms with Crippen molar-refractivity contribution in [2.24, 2.45) is 4.99 Å². The monoisotopic (exact) mass is 414 g/mol. The number of amides is 2. The summed E-state index contributed by atoms with van der Waals surface area (Å²) in [6, 6.07) is 10.4. The number of aliphatic imine (C=N–C) groups is 1. The molecule has 1 N–H and O–H groups in total. The number of hydrogen-bond acceptors (Lipinski definition) is 4. The van der Waals surface area contributed by atoms with Crippen LogP contribution in [0, 0.1) is 11.3 Å². The molecule has 30 heavy (non-hydrogen) atoms. The third kappa shape index (κ3) is 6.08. The molecule has 1 saturated heterocycles. The lowest BCUT2D eigenvalue weighted by molar-refractivity contribution is -0.144. The number of nitrogens with one attached hydrogen (secondary N) is 1. The van der Waals surface area contributed by atoms with E-state index < -0.39 is 43.3 Å². The number of benzene rings is 1. The quantitative estimate of drug-likeness (QED) is 0.423. The Bertz CT molecular complexity index is 888. The Balaban J connectivity index is 2.07. The molecule has 8 heteroatoms. The van der Waals surface area contributed by atoms with Gasteiger partial charge in [0.2, 0.25) is 5.91 Å². The Labute approximate surface area is 174 Å². The molecule has 0 saturated carbocycles. The Morgan fingerprint density at radius 3 is 2.70 bits per heavy atom. The van der Waals surface area contributed by atoms with Gasteiger partial charge in [0.25, 0.3) is 11.8 Å². The lowest BCUT2D eigenvalue weighted by Gasteiger charge is -2.36. The van der Waals surface area contributed by atoms with Crippen LogP contribution in [0.5, 0.6) is 0 Å². The highest BCUT2D eigenvalue weighted by atomic mass is 19.3.